The lowest BCUT2D eigenvalue weighted by Crippen LogP contribution is -1.99. The van der Waals surface area contributed by atoms with Crippen LogP contribution in [0.5, 0.6) is 0 Å². The maximum absolute atomic E-state index is 4.70. The van der Waals surface area contributed by atoms with Crippen molar-refractivity contribution in [3.8, 4) is 11.1 Å². The second-order valence-electron chi connectivity index (χ2n) is 5.79. The summed E-state index contributed by atoms with van der Waals surface area (Å²) in [4.78, 5) is 2.05. The van der Waals surface area contributed by atoms with Crippen molar-refractivity contribution in [2.24, 2.45) is 0 Å². The summed E-state index contributed by atoms with van der Waals surface area (Å²) in [5.41, 5.74) is 5.14. The molecule has 0 atom stereocenters. The molecule has 0 radical (unpaired) electrons. The van der Waals surface area contributed by atoms with Crippen LogP contribution in [0.2, 0.25) is 0 Å². The minimum atomic E-state index is 0.463. The lowest BCUT2D eigenvalue weighted by atomic mass is 9.87. The smallest absolute Gasteiger partial charge is 0.0122 e. The van der Waals surface area contributed by atoms with E-state index in [9.17, 15) is 0 Å². The summed E-state index contributed by atoms with van der Waals surface area (Å²) < 4.78 is 0. The Balaban J connectivity index is 2.81. The predicted octanol–water partition coefficient (Wildman–Crippen LogP) is 6.18. The highest BCUT2D eigenvalue weighted by Gasteiger charge is 2.18. The summed E-state index contributed by atoms with van der Waals surface area (Å²) >= 11 is 9.41. The van der Waals surface area contributed by atoms with Gasteiger partial charge in [0.2, 0.25) is 0 Å². The molecule has 0 fully saturated rings. The number of hydrogen-bond acceptors (Lipinski definition) is 2. The zero-order chi connectivity index (χ0) is 14.9. The van der Waals surface area contributed by atoms with E-state index in [0.29, 0.717) is 11.8 Å². The monoisotopic (exact) mass is 302 g/mol. The van der Waals surface area contributed by atoms with Gasteiger partial charge in [-0.05, 0) is 46.2 Å². The molecule has 0 spiro atoms. The van der Waals surface area contributed by atoms with E-state index in [1.54, 1.807) is 0 Å². The summed E-state index contributed by atoms with van der Waals surface area (Å²) in [5.74, 6) is 0.926. The van der Waals surface area contributed by atoms with Crippen LogP contribution in [0.15, 0.2) is 46.2 Å². The van der Waals surface area contributed by atoms with Gasteiger partial charge in [-0.2, -0.15) is 0 Å². The molecule has 0 aliphatic heterocycles. The van der Waals surface area contributed by atoms with E-state index in [1.165, 1.54) is 22.3 Å². The van der Waals surface area contributed by atoms with Gasteiger partial charge in [-0.25, -0.2) is 0 Å². The second kappa shape index (κ2) is 6.28. The second-order valence-corrected chi connectivity index (χ2v) is 6.76. The molecule has 2 heteroatoms. The maximum atomic E-state index is 4.70. The van der Waals surface area contributed by atoms with Crippen LogP contribution in [0.1, 0.15) is 50.7 Å². The summed E-state index contributed by atoms with van der Waals surface area (Å²) in [6, 6.07) is 12.7. The molecule has 2 aromatic rings. The number of thiol groups is 2. The fourth-order valence-electron chi connectivity index (χ4n) is 2.62. The van der Waals surface area contributed by atoms with E-state index in [2.05, 4.69) is 64.1 Å². The van der Waals surface area contributed by atoms with Crippen LogP contribution in [0.4, 0.5) is 0 Å². The first kappa shape index (κ1) is 15.5. The van der Waals surface area contributed by atoms with E-state index in [0.717, 1.165) is 9.79 Å². The quantitative estimate of drug-likeness (QED) is 0.622. The standard InChI is InChI=1S/C18H22S2/c1-11(2)13-7-5-9-15(19)17(13)18-14(12(3)4)8-6-10-16(18)20/h5-12,19-20H,1-4H3. The van der Waals surface area contributed by atoms with E-state index < -0.39 is 0 Å². The lowest BCUT2D eigenvalue weighted by Gasteiger charge is -2.21. The van der Waals surface area contributed by atoms with Gasteiger partial charge < -0.3 is 0 Å². The Morgan fingerprint density at radius 3 is 1.30 bits per heavy atom. The topological polar surface area (TPSA) is 0 Å². The van der Waals surface area contributed by atoms with Crippen molar-refractivity contribution in [2.75, 3.05) is 0 Å². The molecule has 0 heterocycles. The summed E-state index contributed by atoms with van der Waals surface area (Å²) in [6.07, 6.45) is 0. The van der Waals surface area contributed by atoms with Crippen molar-refractivity contribution >= 4 is 25.3 Å². The molecule has 0 N–H and O–H groups in total. The molecular weight excluding hydrogens is 280 g/mol. The molecular formula is C18H22S2. The normalized spacial score (nSPS) is 11.4. The van der Waals surface area contributed by atoms with Gasteiger partial charge in [0.1, 0.15) is 0 Å². The highest BCUT2D eigenvalue weighted by Crippen LogP contribution is 2.41. The third-order valence-electron chi connectivity index (χ3n) is 3.64. The molecule has 0 aliphatic rings. The van der Waals surface area contributed by atoms with Gasteiger partial charge in [0.15, 0.2) is 0 Å². The fourth-order valence-corrected chi connectivity index (χ4v) is 3.28. The third kappa shape index (κ3) is 2.91. The fraction of sp³-hybridized carbons (Fsp3) is 0.333. The highest BCUT2D eigenvalue weighted by molar-refractivity contribution is 7.80. The molecule has 0 aliphatic carbocycles. The van der Waals surface area contributed by atoms with Crippen molar-refractivity contribution in [3.63, 3.8) is 0 Å². The summed E-state index contributed by atoms with van der Waals surface area (Å²) in [7, 11) is 0. The Hall–Kier alpha value is -0.860. The molecule has 0 saturated heterocycles. The van der Waals surface area contributed by atoms with Gasteiger partial charge in [-0.3, -0.25) is 0 Å². The van der Waals surface area contributed by atoms with Crippen molar-refractivity contribution in [3.05, 3.63) is 47.5 Å². The average Bonchev–Trinajstić information content (AvgIpc) is 2.38. The Bertz CT molecular complexity index is 557. The van der Waals surface area contributed by atoms with Crippen LogP contribution < -0.4 is 0 Å². The van der Waals surface area contributed by atoms with Gasteiger partial charge in [-0.15, -0.1) is 25.3 Å². The van der Waals surface area contributed by atoms with E-state index in [4.69, 9.17) is 25.3 Å². The average molecular weight is 303 g/mol. The zero-order valence-corrected chi connectivity index (χ0v) is 14.3. The molecule has 106 valence electrons. The minimum absolute atomic E-state index is 0.463. The maximum Gasteiger partial charge on any atom is 0.0122 e. The van der Waals surface area contributed by atoms with Gasteiger partial charge in [0.25, 0.3) is 0 Å². The van der Waals surface area contributed by atoms with E-state index in [1.807, 2.05) is 0 Å². The van der Waals surface area contributed by atoms with Crippen LogP contribution in [0, 0.1) is 0 Å². The number of rotatable bonds is 3. The third-order valence-corrected chi connectivity index (χ3v) is 4.39. The molecule has 0 amide bonds. The molecule has 0 saturated carbocycles. The SMILES string of the molecule is CC(C)c1cccc(S)c1-c1c(S)cccc1C(C)C. The Morgan fingerprint density at radius 1 is 0.650 bits per heavy atom. The molecule has 2 rings (SSSR count). The minimum Gasteiger partial charge on any atom is -0.143 e. The van der Waals surface area contributed by atoms with Gasteiger partial charge >= 0.3 is 0 Å². The van der Waals surface area contributed by atoms with Crippen LogP contribution in [0.3, 0.4) is 0 Å². The summed E-state index contributed by atoms with van der Waals surface area (Å²) in [5, 5.41) is 0. The Morgan fingerprint density at radius 2 is 1.00 bits per heavy atom. The van der Waals surface area contributed by atoms with Crippen molar-refractivity contribution in [2.45, 2.75) is 49.3 Å². The molecule has 0 unspecified atom stereocenters. The first-order chi connectivity index (χ1) is 9.43. The van der Waals surface area contributed by atoms with Crippen LogP contribution >= 0.6 is 25.3 Å². The Labute approximate surface area is 133 Å². The first-order valence-electron chi connectivity index (χ1n) is 7.07. The highest BCUT2D eigenvalue weighted by atomic mass is 32.1. The Kier molecular flexibility index (Phi) is 4.87. The van der Waals surface area contributed by atoms with Gasteiger partial charge in [-0.1, -0.05) is 52.0 Å². The summed E-state index contributed by atoms with van der Waals surface area (Å²) in [6.45, 7) is 8.90. The molecule has 0 nitrogen and oxygen atoms in total. The largest absolute Gasteiger partial charge is 0.143 e. The van der Waals surface area contributed by atoms with Crippen molar-refractivity contribution < 1.29 is 0 Å². The molecule has 2 aromatic carbocycles. The molecule has 20 heavy (non-hydrogen) atoms. The lowest BCUT2D eigenvalue weighted by molar-refractivity contribution is 0.850. The van der Waals surface area contributed by atoms with Crippen LogP contribution in [-0.4, -0.2) is 0 Å². The number of hydrogen-bond donors (Lipinski definition) is 2. The molecule has 0 aromatic heterocycles. The molecule has 0 bridgehead atoms. The van der Waals surface area contributed by atoms with Crippen LogP contribution in [0.25, 0.3) is 11.1 Å². The van der Waals surface area contributed by atoms with Gasteiger partial charge in [0, 0.05) is 9.79 Å². The van der Waals surface area contributed by atoms with Crippen molar-refractivity contribution in [1.29, 1.82) is 0 Å². The predicted molar refractivity (Wildman–Crippen MR) is 94.6 cm³/mol. The first-order valence-corrected chi connectivity index (χ1v) is 7.97. The zero-order valence-electron chi connectivity index (χ0n) is 12.5. The van der Waals surface area contributed by atoms with Crippen LogP contribution in [-0.2, 0) is 0 Å². The van der Waals surface area contributed by atoms with E-state index in [-0.39, 0.29) is 0 Å². The van der Waals surface area contributed by atoms with Gasteiger partial charge in [0.05, 0.1) is 0 Å². The number of benzene rings is 2. The van der Waals surface area contributed by atoms with Crippen molar-refractivity contribution in [1.82, 2.24) is 0 Å². The van der Waals surface area contributed by atoms with E-state index >= 15 is 0 Å².